The number of nitrogens with two attached hydrogens (primary N) is 2. The van der Waals surface area contributed by atoms with E-state index >= 15 is 0 Å². The molecule has 3 rings (SSSR count). The first-order valence-electron chi connectivity index (χ1n) is 7.27. The van der Waals surface area contributed by atoms with Gasteiger partial charge in [0.05, 0.1) is 12.9 Å². The largest absolute Gasteiger partial charge is 0.394 e. The molecule has 0 amide bonds. The first kappa shape index (κ1) is 16.5. The van der Waals surface area contributed by atoms with Crippen molar-refractivity contribution in [2.75, 3.05) is 18.1 Å². The van der Waals surface area contributed by atoms with Crippen molar-refractivity contribution in [1.29, 1.82) is 0 Å². The van der Waals surface area contributed by atoms with E-state index in [1.54, 1.807) is 0 Å². The van der Waals surface area contributed by atoms with Gasteiger partial charge in [0.15, 0.2) is 17.7 Å². The lowest BCUT2D eigenvalue weighted by atomic mass is 10.1. The standard InChI is InChI=1S/C13H18N6O5/c1-5(2-20)23-9-8(22)6(3-21)24-12(9)19-4-16-7-10(14)17-13(15)18-11(7)19/h2,4-6,8-9,12,21-22H,3H2,1H3,(H4,14,15,17,18)/t5?,6-,8?,9?,12-/m1/s1. The summed E-state index contributed by atoms with van der Waals surface area (Å²) in [4.78, 5) is 22.9. The molecule has 11 nitrogen and oxygen atoms in total. The first-order chi connectivity index (χ1) is 11.5. The molecule has 3 heterocycles. The Balaban J connectivity index is 2.03. The highest BCUT2D eigenvalue weighted by molar-refractivity contribution is 5.82. The van der Waals surface area contributed by atoms with E-state index in [4.69, 9.17) is 20.9 Å². The molecule has 2 aromatic rings. The summed E-state index contributed by atoms with van der Waals surface area (Å²) in [6.45, 7) is 1.12. The van der Waals surface area contributed by atoms with E-state index in [1.165, 1.54) is 17.8 Å². The Morgan fingerprint density at radius 3 is 2.92 bits per heavy atom. The van der Waals surface area contributed by atoms with Crippen LogP contribution in [0.3, 0.4) is 0 Å². The highest BCUT2D eigenvalue weighted by Gasteiger charge is 2.46. The Morgan fingerprint density at radius 1 is 1.50 bits per heavy atom. The van der Waals surface area contributed by atoms with Crippen LogP contribution >= 0.6 is 0 Å². The van der Waals surface area contributed by atoms with Gasteiger partial charge in [-0.2, -0.15) is 9.97 Å². The number of aldehydes is 1. The molecular weight excluding hydrogens is 320 g/mol. The zero-order valence-electron chi connectivity index (χ0n) is 12.8. The third kappa shape index (κ3) is 2.67. The van der Waals surface area contributed by atoms with Crippen molar-refractivity contribution >= 4 is 29.2 Å². The molecule has 1 aliphatic rings. The van der Waals surface area contributed by atoms with Crippen LogP contribution in [0.4, 0.5) is 11.8 Å². The summed E-state index contributed by atoms with van der Waals surface area (Å²) in [5, 5.41) is 19.7. The number of rotatable bonds is 5. The van der Waals surface area contributed by atoms with Crippen LogP contribution in [0, 0.1) is 0 Å². The molecule has 2 aromatic heterocycles. The summed E-state index contributed by atoms with van der Waals surface area (Å²) >= 11 is 0. The number of aromatic nitrogens is 4. The maximum atomic E-state index is 10.9. The number of fused-ring (bicyclic) bond motifs is 1. The van der Waals surface area contributed by atoms with Gasteiger partial charge >= 0.3 is 0 Å². The average molecular weight is 338 g/mol. The molecule has 1 aliphatic heterocycles. The van der Waals surface area contributed by atoms with Gasteiger partial charge < -0.3 is 35.9 Å². The monoisotopic (exact) mass is 338 g/mol. The predicted molar refractivity (Wildman–Crippen MR) is 81.5 cm³/mol. The summed E-state index contributed by atoms with van der Waals surface area (Å²) in [7, 11) is 0. The van der Waals surface area contributed by atoms with E-state index < -0.39 is 37.3 Å². The molecule has 5 atom stereocenters. The zero-order valence-corrected chi connectivity index (χ0v) is 12.8. The second-order valence-electron chi connectivity index (χ2n) is 5.47. The van der Waals surface area contributed by atoms with Gasteiger partial charge in [-0.05, 0) is 6.92 Å². The van der Waals surface area contributed by atoms with E-state index in [2.05, 4.69) is 15.0 Å². The molecule has 0 bridgehead atoms. The predicted octanol–water partition coefficient (Wildman–Crippen LogP) is -1.79. The van der Waals surface area contributed by atoms with E-state index in [0.717, 1.165) is 0 Å². The number of carbonyl (C=O) groups excluding carboxylic acids is 1. The van der Waals surface area contributed by atoms with Gasteiger partial charge in [-0.15, -0.1) is 0 Å². The number of aliphatic hydroxyl groups excluding tert-OH is 2. The maximum absolute atomic E-state index is 10.9. The van der Waals surface area contributed by atoms with Crippen LogP contribution in [-0.2, 0) is 14.3 Å². The van der Waals surface area contributed by atoms with Crippen molar-refractivity contribution in [1.82, 2.24) is 19.5 Å². The van der Waals surface area contributed by atoms with Crippen LogP contribution in [0.5, 0.6) is 0 Å². The summed E-state index contributed by atoms with van der Waals surface area (Å²) in [6.07, 6.45) is -2.60. The van der Waals surface area contributed by atoms with Crippen LogP contribution in [0.2, 0.25) is 0 Å². The molecule has 0 saturated carbocycles. The number of anilines is 2. The lowest BCUT2D eigenvalue weighted by Gasteiger charge is -2.23. The summed E-state index contributed by atoms with van der Waals surface area (Å²) < 4.78 is 12.7. The average Bonchev–Trinajstić information content (AvgIpc) is 3.09. The fraction of sp³-hybridized carbons (Fsp3) is 0.538. The van der Waals surface area contributed by atoms with Crippen LogP contribution < -0.4 is 11.5 Å². The van der Waals surface area contributed by atoms with Gasteiger partial charge in [-0.25, -0.2) is 4.98 Å². The number of hydrogen-bond donors (Lipinski definition) is 4. The van der Waals surface area contributed by atoms with Crippen LogP contribution in [0.1, 0.15) is 13.2 Å². The second-order valence-corrected chi connectivity index (χ2v) is 5.47. The topological polar surface area (TPSA) is 172 Å². The van der Waals surface area contributed by atoms with Gasteiger partial charge in [0.1, 0.15) is 36.2 Å². The molecule has 6 N–H and O–H groups in total. The number of imidazole rings is 1. The van der Waals surface area contributed by atoms with E-state index in [0.29, 0.717) is 17.5 Å². The molecule has 24 heavy (non-hydrogen) atoms. The number of aliphatic hydroxyl groups is 2. The maximum Gasteiger partial charge on any atom is 0.224 e. The van der Waals surface area contributed by atoms with E-state index in [1.807, 2.05) is 0 Å². The van der Waals surface area contributed by atoms with Crippen molar-refractivity contribution in [3.63, 3.8) is 0 Å². The SMILES string of the molecule is CC(C=O)OC1C(O)[C@@H](CO)O[C@H]1n1cnc2c(N)nc(N)nc21. The smallest absolute Gasteiger partial charge is 0.224 e. The number of hydrogen-bond acceptors (Lipinski definition) is 10. The molecule has 0 radical (unpaired) electrons. The molecule has 1 saturated heterocycles. The third-order valence-corrected chi connectivity index (χ3v) is 3.80. The quantitative estimate of drug-likeness (QED) is 0.456. The van der Waals surface area contributed by atoms with Crippen LogP contribution in [-0.4, -0.2) is 67.0 Å². The number of nitrogens with zero attached hydrogens (tertiary/aromatic N) is 4. The molecule has 0 aliphatic carbocycles. The third-order valence-electron chi connectivity index (χ3n) is 3.80. The fourth-order valence-electron chi connectivity index (χ4n) is 2.66. The Labute approximate surface area is 136 Å². The Kier molecular flexibility index (Phi) is 4.32. The molecule has 1 fully saturated rings. The number of nitrogen functional groups attached to an aromatic ring is 2. The summed E-state index contributed by atoms with van der Waals surface area (Å²) in [5.41, 5.74) is 12.0. The van der Waals surface area contributed by atoms with Gasteiger partial charge in [0.25, 0.3) is 0 Å². The lowest BCUT2D eigenvalue weighted by molar-refractivity contribution is -0.130. The molecule has 0 aromatic carbocycles. The molecule has 11 heteroatoms. The van der Waals surface area contributed by atoms with Gasteiger partial charge in [0.2, 0.25) is 5.95 Å². The highest BCUT2D eigenvalue weighted by Crippen LogP contribution is 2.34. The van der Waals surface area contributed by atoms with E-state index in [9.17, 15) is 15.0 Å². The molecular formula is C13H18N6O5. The normalized spacial score (nSPS) is 28.3. The highest BCUT2D eigenvalue weighted by atomic mass is 16.6. The molecule has 0 spiro atoms. The Morgan fingerprint density at radius 2 is 2.25 bits per heavy atom. The first-order valence-corrected chi connectivity index (χ1v) is 7.27. The van der Waals surface area contributed by atoms with Gasteiger partial charge in [0, 0.05) is 0 Å². The van der Waals surface area contributed by atoms with Crippen molar-refractivity contribution in [2.45, 2.75) is 37.6 Å². The van der Waals surface area contributed by atoms with Crippen molar-refractivity contribution in [3.05, 3.63) is 6.33 Å². The Hall–Kier alpha value is -2.34. The van der Waals surface area contributed by atoms with Crippen molar-refractivity contribution in [2.24, 2.45) is 0 Å². The van der Waals surface area contributed by atoms with Gasteiger partial charge in [-0.1, -0.05) is 0 Å². The minimum atomic E-state index is -1.14. The number of carbonyl (C=O) groups is 1. The lowest BCUT2D eigenvalue weighted by Crippen LogP contribution is -2.37. The van der Waals surface area contributed by atoms with Crippen molar-refractivity contribution in [3.8, 4) is 0 Å². The minimum Gasteiger partial charge on any atom is -0.394 e. The second kappa shape index (κ2) is 6.28. The fourth-order valence-corrected chi connectivity index (χ4v) is 2.66. The molecule has 130 valence electrons. The van der Waals surface area contributed by atoms with Crippen molar-refractivity contribution < 1.29 is 24.5 Å². The number of ether oxygens (including phenoxy) is 2. The van der Waals surface area contributed by atoms with E-state index in [-0.39, 0.29) is 11.8 Å². The minimum absolute atomic E-state index is 0.0438. The Bertz CT molecular complexity index is 752. The summed E-state index contributed by atoms with van der Waals surface area (Å²) in [6, 6.07) is 0. The van der Waals surface area contributed by atoms with Crippen LogP contribution in [0.25, 0.3) is 11.2 Å². The van der Waals surface area contributed by atoms with Gasteiger partial charge in [-0.3, -0.25) is 4.57 Å². The molecule has 3 unspecified atom stereocenters. The summed E-state index contributed by atoms with van der Waals surface area (Å²) in [5.74, 6) is 0.0602. The zero-order chi connectivity index (χ0) is 17.4. The van der Waals surface area contributed by atoms with Crippen LogP contribution in [0.15, 0.2) is 6.33 Å².